The standard InChI is InChI=1S/C24H34N2O4/c1-23(2,3)30-22(28)26-14-10-24(11-15-26)16-20(29-21(24)27)9-13-25-12-8-18-6-4-5-7-19(18)17-25/h4-7,20H,8-17H2,1-3H3/t20-/m0/s1. The quantitative estimate of drug-likeness (QED) is 0.705. The number of amides is 1. The van der Waals surface area contributed by atoms with Crippen LogP contribution < -0.4 is 0 Å². The van der Waals surface area contributed by atoms with Crippen molar-refractivity contribution in [1.82, 2.24) is 9.80 Å². The predicted octanol–water partition coefficient (Wildman–Crippen LogP) is 3.77. The van der Waals surface area contributed by atoms with E-state index in [0.717, 1.165) is 38.9 Å². The van der Waals surface area contributed by atoms with Crippen molar-refractivity contribution in [2.45, 2.75) is 71.1 Å². The van der Waals surface area contributed by atoms with Gasteiger partial charge in [-0.1, -0.05) is 24.3 Å². The molecule has 0 aromatic heterocycles. The van der Waals surface area contributed by atoms with Crippen molar-refractivity contribution in [3.8, 4) is 0 Å². The molecule has 6 nitrogen and oxygen atoms in total. The number of likely N-dealkylation sites (tertiary alicyclic amines) is 1. The van der Waals surface area contributed by atoms with E-state index < -0.39 is 11.0 Å². The Labute approximate surface area is 179 Å². The van der Waals surface area contributed by atoms with Crippen LogP contribution in [0.25, 0.3) is 0 Å². The van der Waals surface area contributed by atoms with Gasteiger partial charge >= 0.3 is 12.1 Å². The maximum absolute atomic E-state index is 12.7. The third kappa shape index (κ3) is 4.64. The molecule has 164 valence electrons. The lowest BCUT2D eigenvalue weighted by molar-refractivity contribution is -0.151. The Balaban J connectivity index is 1.26. The highest BCUT2D eigenvalue weighted by molar-refractivity contribution is 5.79. The van der Waals surface area contributed by atoms with E-state index in [9.17, 15) is 9.59 Å². The lowest BCUT2D eigenvalue weighted by atomic mass is 9.76. The number of hydrogen-bond acceptors (Lipinski definition) is 5. The number of cyclic esters (lactones) is 1. The van der Waals surface area contributed by atoms with Crippen molar-refractivity contribution in [3.63, 3.8) is 0 Å². The predicted molar refractivity (Wildman–Crippen MR) is 114 cm³/mol. The van der Waals surface area contributed by atoms with E-state index in [1.165, 1.54) is 11.1 Å². The monoisotopic (exact) mass is 414 g/mol. The maximum atomic E-state index is 12.7. The number of rotatable bonds is 3. The molecular formula is C24H34N2O4. The molecule has 0 N–H and O–H groups in total. The van der Waals surface area contributed by atoms with Crippen LogP contribution in [0.1, 0.15) is 57.6 Å². The zero-order valence-corrected chi connectivity index (χ0v) is 18.5. The molecule has 0 unspecified atom stereocenters. The number of carbonyl (C=O) groups excluding carboxylic acids is 2. The first-order chi connectivity index (χ1) is 14.2. The second-order valence-corrected chi connectivity index (χ2v) is 10.1. The Morgan fingerprint density at radius 1 is 1.17 bits per heavy atom. The first-order valence-electron chi connectivity index (χ1n) is 11.2. The van der Waals surface area contributed by atoms with Crippen molar-refractivity contribution < 1.29 is 19.1 Å². The van der Waals surface area contributed by atoms with Crippen LogP contribution in [-0.4, -0.2) is 59.7 Å². The molecule has 0 saturated carbocycles. The maximum Gasteiger partial charge on any atom is 0.410 e. The molecule has 1 aromatic rings. The number of hydrogen-bond donors (Lipinski definition) is 0. The smallest absolute Gasteiger partial charge is 0.410 e. The fourth-order valence-corrected chi connectivity index (χ4v) is 4.92. The third-order valence-corrected chi connectivity index (χ3v) is 6.67. The molecule has 1 amide bonds. The molecule has 2 saturated heterocycles. The summed E-state index contributed by atoms with van der Waals surface area (Å²) in [4.78, 5) is 29.2. The van der Waals surface area contributed by atoms with Gasteiger partial charge in [-0.05, 0) is 57.6 Å². The van der Waals surface area contributed by atoms with E-state index in [1.54, 1.807) is 4.90 Å². The minimum absolute atomic E-state index is 0.0113. The lowest BCUT2D eigenvalue weighted by Gasteiger charge is -2.37. The number of esters is 1. The van der Waals surface area contributed by atoms with Crippen LogP contribution in [-0.2, 0) is 27.2 Å². The molecule has 3 aliphatic heterocycles. The summed E-state index contributed by atoms with van der Waals surface area (Å²) in [7, 11) is 0. The fourth-order valence-electron chi connectivity index (χ4n) is 4.92. The summed E-state index contributed by atoms with van der Waals surface area (Å²) in [5.74, 6) is -0.0691. The summed E-state index contributed by atoms with van der Waals surface area (Å²) in [6.45, 7) is 9.72. The van der Waals surface area contributed by atoms with Gasteiger partial charge in [0.15, 0.2) is 0 Å². The van der Waals surface area contributed by atoms with Gasteiger partial charge < -0.3 is 14.4 Å². The highest BCUT2D eigenvalue weighted by Crippen LogP contribution is 2.44. The van der Waals surface area contributed by atoms with Gasteiger partial charge in [-0.25, -0.2) is 4.79 Å². The molecule has 4 rings (SSSR count). The number of benzene rings is 1. The van der Waals surface area contributed by atoms with Gasteiger partial charge in [0, 0.05) is 39.1 Å². The summed E-state index contributed by atoms with van der Waals surface area (Å²) in [5, 5.41) is 0. The molecule has 6 heteroatoms. The molecule has 2 fully saturated rings. The van der Waals surface area contributed by atoms with Gasteiger partial charge in [0.2, 0.25) is 0 Å². The van der Waals surface area contributed by atoms with Gasteiger partial charge in [0.25, 0.3) is 0 Å². The highest BCUT2D eigenvalue weighted by Gasteiger charge is 2.51. The summed E-state index contributed by atoms with van der Waals surface area (Å²) in [5.41, 5.74) is 1.95. The molecule has 1 aromatic carbocycles. The van der Waals surface area contributed by atoms with Crippen molar-refractivity contribution in [2.75, 3.05) is 26.2 Å². The second kappa shape index (κ2) is 8.22. The molecule has 0 radical (unpaired) electrons. The van der Waals surface area contributed by atoms with Gasteiger partial charge in [0.1, 0.15) is 11.7 Å². The summed E-state index contributed by atoms with van der Waals surface area (Å²) >= 11 is 0. The van der Waals surface area contributed by atoms with E-state index in [4.69, 9.17) is 9.47 Å². The number of fused-ring (bicyclic) bond motifs is 1. The van der Waals surface area contributed by atoms with Crippen molar-refractivity contribution >= 4 is 12.1 Å². The Morgan fingerprint density at radius 3 is 2.57 bits per heavy atom. The topological polar surface area (TPSA) is 59.1 Å². The summed E-state index contributed by atoms with van der Waals surface area (Å²) in [6, 6.07) is 8.65. The zero-order chi connectivity index (χ0) is 21.4. The fraction of sp³-hybridized carbons (Fsp3) is 0.667. The first kappa shape index (κ1) is 21.2. The van der Waals surface area contributed by atoms with Gasteiger partial charge in [-0.3, -0.25) is 9.69 Å². The number of nitrogens with zero attached hydrogens (tertiary/aromatic N) is 2. The minimum Gasteiger partial charge on any atom is -0.462 e. The van der Waals surface area contributed by atoms with E-state index in [0.29, 0.717) is 25.9 Å². The number of piperidine rings is 1. The molecular weight excluding hydrogens is 380 g/mol. The van der Waals surface area contributed by atoms with Crippen LogP contribution in [0.4, 0.5) is 4.79 Å². The van der Waals surface area contributed by atoms with E-state index in [1.807, 2.05) is 20.8 Å². The summed E-state index contributed by atoms with van der Waals surface area (Å²) < 4.78 is 11.3. The van der Waals surface area contributed by atoms with Crippen LogP contribution in [0.15, 0.2) is 24.3 Å². The molecule has 3 heterocycles. The van der Waals surface area contributed by atoms with Gasteiger partial charge in [-0.15, -0.1) is 0 Å². The molecule has 30 heavy (non-hydrogen) atoms. The van der Waals surface area contributed by atoms with Crippen LogP contribution >= 0.6 is 0 Å². The largest absolute Gasteiger partial charge is 0.462 e. The van der Waals surface area contributed by atoms with Crippen molar-refractivity contribution in [2.24, 2.45) is 5.41 Å². The Kier molecular flexibility index (Phi) is 5.80. The van der Waals surface area contributed by atoms with Crippen LogP contribution in [0.2, 0.25) is 0 Å². The molecule has 1 spiro atoms. The molecule has 0 bridgehead atoms. The molecule has 1 atom stereocenters. The van der Waals surface area contributed by atoms with E-state index in [2.05, 4.69) is 29.2 Å². The molecule has 3 aliphatic rings. The number of carbonyl (C=O) groups is 2. The van der Waals surface area contributed by atoms with Crippen LogP contribution in [0, 0.1) is 5.41 Å². The zero-order valence-electron chi connectivity index (χ0n) is 18.5. The second-order valence-electron chi connectivity index (χ2n) is 10.1. The Hall–Kier alpha value is -2.08. The van der Waals surface area contributed by atoms with Crippen molar-refractivity contribution in [1.29, 1.82) is 0 Å². The highest BCUT2D eigenvalue weighted by atomic mass is 16.6. The van der Waals surface area contributed by atoms with Gasteiger partial charge in [0.05, 0.1) is 5.41 Å². The minimum atomic E-state index is -0.501. The molecule has 0 aliphatic carbocycles. The third-order valence-electron chi connectivity index (χ3n) is 6.67. The number of ether oxygens (including phenoxy) is 2. The van der Waals surface area contributed by atoms with E-state index in [-0.39, 0.29) is 18.2 Å². The average Bonchev–Trinajstić information content (AvgIpc) is 3.00. The first-order valence-corrected chi connectivity index (χ1v) is 11.2. The van der Waals surface area contributed by atoms with Crippen LogP contribution in [0.3, 0.4) is 0 Å². The normalized spacial score (nSPS) is 23.9. The Bertz CT molecular complexity index is 793. The van der Waals surface area contributed by atoms with Crippen LogP contribution in [0.5, 0.6) is 0 Å². The van der Waals surface area contributed by atoms with E-state index >= 15 is 0 Å². The van der Waals surface area contributed by atoms with Gasteiger partial charge in [-0.2, -0.15) is 0 Å². The average molecular weight is 415 g/mol. The summed E-state index contributed by atoms with van der Waals surface area (Å²) in [6.07, 6.45) is 3.78. The van der Waals surface area contributed by atoms with Crippen molar-refractivity contribution in [3.05, 3.63) is 35.4 Å². The SMILES string of the molecule is CC(C)(C)OC(=O)N1CCC2(CC1)C[C@H](CCN1CCc3ccccc3C1)OC2=O. The lowest BCUT2D eigenvalue weighted by Crippen LogP contribution is -2.46. The Morgan fingerprint density at radius 2 is 1.87 bits per heavy atom.